The first-order valence-corrected chi connectivity index (χ1v) is 6.32. The van der Waals surface area contributed by atoms with E-state index in [-0.39, 0.29) is 30.8 Å². The molecular formula is C14H22ClN3O2. The number of nitrogens with one attached hydrogen (secondary N) is 2. The number of rotatable bonds is 7. The van der Waals surface area contributed by atoms with Crippen molar-refractivity contribution in [2.75, 3.05) is 33.7 Å². The summed E-state index contributed by atoms with van der Waals surface area (Å²) in [5, 5.41) is 5.61. The SMILES string of the molecule is CNCCN(C)C(=O)CNC(=O)Cc1ccccc1.Cl. The number of nitrogens with zero attached hydrogens (tertiary/aromatic N) is 1. The molecule has 0 unspecified atom stereocenters. The summed E-state index contributed by atoms with van der Waals surface area (Å²) >= 11 is 0. The molecule has 0 aromatic heterocycles. The number of carbonyl (C=O) groups is 2. The van der Waals surface area contributed by atoms with Crippen molar-refractivity contribution in [1.82, 2.24) is 15.5 Å². The molecule has 1 aromatic carbocycles. The minimum Gasteiger partial charge on any atom is -0.347 e. The van der Waals surface area contributed by atoms with Crippen LogP contribution in [-0.4, -0.2) is 50.4 Å². The molecule has 0 aliphatic heterocycles. The van der Waals surface area contributed by atoms with Gasteiger partial charge < -0.3 is 15.5 Å². The molecule has 0 aliphatic rings. The second-order valence-corrected chi connectivity index (χ2v) is 4.36. The van der Waals surface area contributed by atoms with Gasteiger partial charge in [-0.15, -0.1) is 12.4 Å². The lowest BCUT2D eigenvalue weighted by atomic mass is 10.1. The van der Waals surface area contributed by atoms with Crippen molar-refractivity contribution < 1.29 is 9.59 Å². The topological polar surface area (TPSA) is 61.4 Å². The van der Waals surface area contributed by atoms with E-state index < -0.39 is 0 Å². The predicted octanol–water partition coefficient (Wildman–Crippen LogP) is 0.445. The summed E-state index contributed by atoms with van der Waals surface area (Å²) in [6.45, 7) is 1.41. The normalized spacial score (nSPS) is 9.50. The summed E-state index contributed by atoms with van der Waals surface area (Å²) in [7, 11) is 3.56. The van der Waals surface area contributed by atoms with Crippen LogP contribution in [0.4, 0.5) is 0 Å². The van der Waals surface area contributed by atoms with Gasteiger partial charge in [0.15, 0.2) is 0 Å². The van der Waals surface area contributed by atoms with E-state index in [2.05, 4.69) is 10.6 Å². The van der Waals surface area contributed by atoms with E-state index in [4.69, 9.17) is 0 Å². The molecule has 112 valence electrons. The molecule has 5 nitrogen and oxygen atoms in total. The third kappa shape index (κ3) is 7.11. The van der Waals surface area contributed by atoms with E-state index in [1.54, 1.807) is 11.9 Å². The number of amides is 2. The largest absolute Gasteiger partial charge is 0.347 e. The minimum atomic E-state index is -0.137. The Kier molecular flexibility index (Phi) is 9.41. The maximum atomic E-state index is 11.7. The van der Waals surface area contributed by atoms with E-state index in [0.717, 1.165) is 12.1 Å². The summed E-state index contributed by atoms with van der Waals surface area (Å²) in [4.78, 5) is 24.9. The molecule has 0 radical (unpaired) electrons. The monoisotopic (exact) mass is 299 g/mol. The van der Waals surface area contributed by atoms with Crippen LogP contribution in [0.2, 0.25) is 0 Å². The van der Waals surface area contributed by atoms with Gasteiger partial charge in [-0.25, -0.2) is 0 Å². The zero-order valence-electron chi connectivity index (χ0n) is 11.9. The smallest absolute Gasteiger partial charge is 0.241 e. The molecule has 0 atom stereocenters. The van der Waals surface area contributed by atoms with Crippen LogP contribution in [0.15, 0.2) is 30.3 Å². The predicted molar refractivity (Wildman–Crippen MR) is 82.0 cm³/mol. The van der Waals surface area contributed by atoms with Gasteiger partial charge in [-0.2, -0.15) is 0 Å². The lowest BCUT2D eigenvalue weighted by Crippen LogP contribution is -2.40. The number of benzene rings is 1. The van der Waals surface area contributed by atoms with E-state index in [0.29, 0.717) is 13.0 Å². The molecule has 0 fully saturated rings. The Morgan fingerprint density at radius 2 is 1.85 bits per heavy atom. The molecule has 6 heteroatoms. The number of hydrogen-bond acceptors (Lipinski definition) is 3. The molecular weight excluding hydrogens is 278 g/mol. The van der Waals surface area contributed by atoms with Gasteiger partial charge in [-0.3, -0.25) is 9.59 Å². The van der Waals surface area contributed by atoms with E-state index in [1.165, 1.54) is 0 Å². The maximum Gasteiger partial charge on any atom is 0.241 e. The first-order valence-electron chi connectivity index (χ1n) is 6.32. The fraction of sp³-hybridized carbons (Fsp3) is 0.429. The van der Waals surface area contributed by atoms with Crippen LogP contribution in [0.25, 0.3) is 0 Å². The van der Waals surface area contributed by atoms with E-state index in [1.807, 2.05) is 37.4 Å². The number of halogens is 1. The highest BCUT2D eigenvalue weighted by atomic mass is 35.5. The molecule has 1 aromatic rings. The molecule has 0 bridgehead atoms. The Bertz CT molecular complexity index is 412. The molecule has 2 N–H and O–H groups in total. The Balaban J connectivity index is 0.00000361. The van der Waals surface area contributed by atoms with Crippen molar-refractivity contribution in [2.24, 2.45) is 0 Å². The summed E-state index contributed by atoms with van der Waals surface area (Å²) in [6, 6.07) is 9.46. The zero-order chi connectivity index (χ0) is 14.1. The van der Waals surface area contributed by atoms with E-state index >= 15 is 0 Å². The van der Waals surface area contributed by atoms with Gasteiger partial charge in [0, 0.05) is 20.1 Å². The van der Waals surface area contributed by atoms with Crippen molar-refractivity contribution in [2.45, 2.75) is 6.42 Å². The quantitative estimate of drug-likeness (QED) is 0.768. The molecule has 1 rings (SSSR count). The standard InChI is InChI=1S/C14H21N3O2.ClH/c1-15-8-9-17(2)14(19)11-16-13(18)10-12-6-4-3-5-7-12;/h3-7,15H,8-11H2,1-2H3,(H,16,18);1H. The van der Waals surface area contributed by atoms with Crippen molar-refractivity contribution in [3.63, 3.8) is 0 Å². The Hall–Kier alpha value is -1.59. The highest BCUT2D eigenvalue weighted by molar-refractivity contribution is 5.85. The van der Waals surface area contributed by atoms with E-state index in [9.17, 15) is 9.59 Å². The highest BCUT2D eigenvalue weighted by Gasteiger charge is 2.10. The molecule has 0 saturated heterocycles. The van der Waals surface area contributed by atoms with Crippen LogP contribution in [-0.2, 0) is 16.0 Å². The average molecular weight is 300 g/mol. The molecule has 0 heterocycles. The van der Waals surface area contributed by atoms with Crippen molar-refractivity contribution in [3.05, 3.63) is 35.9 Å². The minimum absolute atomic E-state index is 0. The van der Waals surface area contributed by atoms with Gasteiger partial charge in [0.05, 0.1) is 13.0 Å². The first kappa shape index (κ1) is 18.4. The molecule has 20 heavy (non-hydrogen) atoms. The van der Waals surface area contributed by atoms with Gasteiger partial charge in [-0.05, 0) is 12.6 Å². The third-order valence-corrected chi connectivity index (χ3v) is 2.77. The van der Waals surface area contributed by atoms with Crippen LogP contribution in [0.5, 0.6) is 0 Å². The average Bonchev–Trinajstić information content (AvgIpc) is 2.43. The Labute approximate surface area is 126 Å². The second kappa shape index (κ2) is 10.2. The molecule has 0 aliphatic carbocycles. The molecule has 2 amide bonds. The van der Waals surface area contributed by atoms with Gasteiger partial charge in [0.2, 0.25) is 11.8 Å². The van der Waals surface area contributed by atoms with Crippen LogP contribution in [0, 0.1) is 0 Å². The van der Waals surface area contributed by atoms with Crippen LogP contribution >= 0.6 is 12.4 Å². The fourth-order valence-electron chi connectivity index (χ4n) is 1.56. The summed E-state index contributed by atoms with van der Waals surface area (Å²) in [6.07, 6.45) is 0.300. The second-order valence-electron chi connectivity index (χ2n) is 4.36. The Morgan fingerprint density at radius 1 is 1.20 bits per heavy atom. The maximum absolute atomic E-state index is 11.7. The van der Waals surface area contributed by atoms with Gasteiger partial charge >= 0.3 is 0 Å². The Morgan fingerprint density at radius 3 is 2.45 bits per heavy atom. The number of hydrogen-bond donors (Lipinski definition) is 2. The van der Waals surface area contributed by atoms with Crippen LogP contribution in [0.3, 0.4) is 0 Å². The lowest BCUT2D eigenvalue weighted by Gasteiger charge is -2.17. The third-order valence-electron chi connectivity index (χ3n) is 2.77. The number of likely N-dealkylation sites (N-methyl/N-ethyl adjacent to an activating group) is 2. The van der Waals surface area contributed by atoms with Gasteiger partial charge in [0.1, 0.15) is 0 Å². The lowest BCUT2D eigenvalue weighted by molar-refractivity contribution is -0.131. The highest BCUT2D eigenvalue weighted by Crippen LogP contribution is 1.98. The van der Waals surface area contributed by atoms with Gasteiger partial charge in [-0.1, -0.05) is 30.3 Å². The summed E-state index contributed by atoms with van der Waals surface area (Å²) in [5.41, 5.74) is 0.941. The van der Waals surface area contributed by atoms with Crippen molar-refractivity contribution >= 4 is 24.2 Å². The van der Waals surface area contributed by atoms with Crippen LogP contribution in [0.1, 0.15) is 5.56 Å². The first-order chi connectivity index (χ1) is 9.13. The zero-order valence-corrected chi connectivity index (χ0v) is 12.7. The summed E-state index contributed by atoms with van der Waals surface area (Å²) in [5.74, 6) is -0.224. The molecule has 0 spiro atoms. The van der Waals surface area contributed by atoms with Crippen molar-refractivity contribution in [3.8, 4) is 0 Å². The van der Waals surface area contributed by atoms with Gasteiger partial charge in [0.25, 0.3) is 0 Å². The number of carbonyl (C=O) groups excluding carboxylic acids is 2. The van der Waals surface area contributed by atoms with Crippen LogP contribution < -0.4 is 10.6 Å². The van der Waals surface area contributed by atoms with Crippen molar-refractivity contribution in [1.29, 1.82) is 0 Å². The fourth-order valence-corrected chi connectivity index (χ4v) is 1.56. The molecule has 0 saturated carbocycles. The summed E-state index contributed by atoms with van der Waals surface area (Å²) < 4.78 is 0.